The molecule has 3 rings (SSSR count). The van der Waals surface area contributed by atoms with Crippen LogP contribution in [0.25, 0.3) is 5.69 Å². The molecule has 0 aliphatic carbocycles. The van der Waals surface area contributed by atoms with E-state index in [0.29, 0.717) is 16.5 Å². The number of nitrogens with one attached hydrogen (secondary N) is 1. The van der Waals surface area contributed by atoms with Crippen LogP contribution in [0.2, 0.25) is 0 Å². The smallest absolute Gasteiger partial charge is 0.271 e. The first kappa shape index (κ1) is 18.3. The van der Waals surface area contributed by atoms with Crippen molar-refractivity contribution in [3.8, 4) is 11.4 Å². The topological polar surface area (TPSA) is 136 Å². The lowest BCUT2D eigenvalue weighted by Gasteiger charge is -2.11. The Morgan fingerprint density at radius 2 is 2.04 bits per heavy atom. The van der Waals surface area contributed by atoms with Crippen molar-refractivity contribution >= 4 is 29.0 Å². The normalized spacial score (nSPS) is 11.7. The van der Waals surface area contributed by atoms with E-state index in [9.17, 15) is 20.0 Å². The van der Waals surface area contributed by atoms with Crippen LogP contribution in [0.5, 0.6) is 5.75 Å². The molecule has 0 aliphatic heterocycles. The van der Waals surface area contributed by atoms with Gasteiger partial charge in [-0.1, -0.05) is 17.8 Å². The standard InChI is InChI=1S/C16H14N6O4S/c1-10(15(24)17-11-3-2-4-13(9-11)22(25)26)27-16-18-19-20-21(16)12-5-7-14(23)8-6-12/h2-10,23H,1H3,(H,17,24)/t10-/m1/s1. The summed E-state index contributed by atoms with van der Waals surface area (Å²) in [6.45, 7) is 1.67. The molecule has 1 heterocycles. The molecule has 3 aromatic rings. The van der Waals surface area contributed by atoms with Crippen LogP contribution in [0.4, 0.5) is 11.4 Å². The molecular weight excluding hydrogens is 372 g/mol. The first-order valence-electron chi connectivity index (χ1n) is 7.74. The minimum absolute atomic E-state index is 0.107. The highest BCUT2D eigenvalue weighted by atomic mass is 32.2. The number of rotatable bonds is 6. The van der Waals surface area contributed by atoms with Gasteiger partial charge in [-0.05, 0) is 47.7 Å². The molecule has 2 aromatic carbocycles. The molecule has 138 valence electrons. The van der Waals surface area contributed by atoms with E-state index in [1.54, 1.807) is 25.1 Å². The van der Waals surface area contributed by atoms with Gasteiger partial charge in [0.1, 0.15) is 5.75 Å². The highest BCUT2D eigenvalue weighted by Crippen LogP contribution is 2.25. The number of hydrogen-bond donors (Lipinski definition) is 2. The van der Waals surface area contributed by atoms with Crippen molar-refractivity contribution in [3.63, 3.8) is 0 Å². The van der Waals surface area contributed by atoms with E-state index in [1.165, 1.54) is 35.0 Å². The first-order valence-corrected chi connectivity index (χ1v) is 8.62. The summed E-state index contributed by atoms with van der Waals surface area (Å²) in [6, 6.07) is 12.0. The third-order valence-corrected chi connectivity index (χ3v) is 4.54. The molecule has 11 heteroatoms. The van der Waals surface area contributed by atoms with E-state index < -0.39 is 10.2 Å². The quantitative estimate of drug-likeness (QED) is 0.374. The molecule has 2 N–H and O–H groups in total. The second-order valence-corrected chi connectivity index (χ2v) is 6.75. The van der Waals surface area contributed by atoms with E-state index in [1.807, 2.05) is 0 Å². The Labute approximate surface area is 157 Å². The number of carbonyl (C=O) groups is 1. The number of phenolic OH excluding ortho intramolecular Hbond substituents is 1. The van der Waals surface area contributed by atoms with E-state index in [4.69, 9.17) is 0 Å². The number of carbonyl (C=O) groups excluding carboxylic acids is 1. The number of nitro groups is 1. The number of tetrazole rings is 1. The number of non-ortho nitro benzene ring substituents is 1. The summed E-state index contributed by atoms with van der Waals surface area (Å²) < 4.78 is 1.45. The number of aromatic nitrogens is 4. The zero-order valence-corrected chi connectivity index (χ0v) is 14.8. The number of hydrogen-bond acceptors (Lipinski definition) is 8. The summed E-state index contributed by atoms with van der Waals surface area (Å²) in [5, 5.41) is 34.1. The van der Waals surface area contributed by atoms with Crippen molar-refractivity contribution in [2.45, 2.75) is 17.3 Å². The maximum Gasteiger partial charge on any atom is 0.271 e. The summed E-state index contributed by atoms with van der Waals surface area (Å²) >= 11 is 1.13. The van der Waals surface area contributed by atoms with Crippen molar-refractivity contribution in [1.82, 2.24) is 20.2 Å². The lowest BCUT2D eigenvalue weighted by atomic mass is 10.2. The zero-order valence-electron chi connectivity index (χ0n) is 14.0. The molecule has 0 saturated heterocycles. The molecule has 0 unspecified atom stereocenters. The lowest BCUT2D eigenvalue weighted by Crippen LogP contribution is -2.23. The van der Waals surface area contributed by atoms with Gasteiger partial charge in [-0.3, -0.25) is 14.9 Å². The molecule has 1 aromatic heterocycles. The summed E-state index contributed by atoms with van der Waals surface area (Å²) in [4.78, 5) is 22.7. The van der Waals surface area contributed by atoms with Gasteiger partial charge in [0.2, 0.25) is 11.1 Å². The molecule has 0 spiro atoms. The van der Waals surface area contributed by atoms with Crippen LogP contribution in [0.3, 0.4) is 0 Å². The molecule has 0 bridgehead atoms. The van der Waals surface area contributed by atoms with Crippen LogP contribution < -0.4 is 5.32 Å². The molecule has 0 saturated carbocycles. The van der Waals surface area contributed by atoms with Crippen LogP contribution in [-0.4, -0.2) is 41.4 Å². The van der Waals surface area contributed by atoms with Gasteiger partial charge < -0.3 is 10.4 Å². The Hall–Kier alpha value is -3.47. The minimum atomic E-state index is -0.564. The van der Waals surface area contributed by atoms with Crippen molar-refractivity contribution in [3.05, 3.63) is 58.6 Å². The number of benzene rings is 2. The van der Waals surface area contributed by atoms with E-state index in [0.717, 1.165) is 11.8 Å². The second-order valence-electron chi connectivity index (χ2n) is 5.45. The molecule has 0 aliphatic rings. The number of thioether (sulfide) groups is 1. The third kappa shape index (κ3) is 4.39. The van der Waals surface area contributed by atoms with Crippen molar-refractivity contribution in [1.29, 1.82) is 0 Å². The number of anilines is 1. The fraction of sp³-hybridized carbons (Fsp3) is 0.125. The monoisotopic (exact) mass is 386 g/mol. The van der Waals surface area contributed by atoms with Gasteiger partial charge in [0.25, 0.3) is 5.69 Å². The molecular formula is C16H14N6O4S. The van der Waals surface area contributed by atoms with Gasteiger partial charge in [-0.15, -0.1) is 5.10 Å². The van der Waals surface area contributed by atoms with Crippen LogP contribution in [0.1, 0.15) is 6.92 Å². The van der Waals surface area contributed by atoms with E-state index in [2.05, 4.69) is 20.8 Å². The second kappa shape index (κ2) is 7.83. The average Bonchev–Trinajstić information content (AvgIpc) is 3.10. The molecule has 10 nitrogen and oxygen atoms in total. The predicted molar refractivity (Wildman–Crippen MR) is 97.9 cm³/mol. The summed E-state index contributed by atoms with van der Waals surface area (Å²) in [7, 11) is 0. The van der Waals surface area contributed by atoms with Gasteiger partial charge in [-0.2, -0.15) is 4.68 Å². The number of amides is 1. The van der Waals surface area contributed by atoms with Gasteiger partial charge in [0, 0.05) is 17.8 Å². The van der Waals surface area contributed by atoms with Gasteiger partial charge in [0.15, 0.2) is 0 Å². The Kier molecular flexibility index (Phi) is 5.31. The fourth-order valence-electron chi connectivity index (χ4n) is 2.16. The van der Waals surface area contributed by atoms with Gasteiger partial charge >= 0.3 is 0 Å². The molecule has 27 heavy (non-hydrogen) atoms. The largest absolute Gasteiger partial charge is 0.508 e. The highest BCUT2D eigenvalue weighted by Gasteiger charge is 2.20. The van der Waals surface area contributed by atoms with Crippen molar-refractivity contribution in [2.24, 2.45) is 0 Å². The maximum atomic E-state index is 12.4. The number of phenols is 1. The van der Waals surface area contributed by atoms with Crippen LogP contribution in [-0.2, 0) is 4.79 Å². The first-order chi connectivity index (χ1) is 12.9. The third-order valence-electron chi connectivity index (χ3n) is 3.51. The number of nitro benzene ring substituents is 1. The lowest BCUT2D eigenvalue weighted by molar-refractivity contribution is -0.384. The maximum absolute atomic E-state index is 12.4. The SMILES string of the molecule is C[C@@H](Sc1nnnn1-c1ccc(O)cc1)C(=O)Nc1cccc([N+](=O)[O-])c1. The Balaban J connectivity index is 1.71. The van der Waals surface area contributed by atoms with Gasteiger partial charge in [-0.25, -0.2) is 0 Å². The predicted octanol–water partition coefficient (Wildman–Crippen LogP) is 2.40. The Morgan fingerprint density at radius 1 is 1.30 bits per heavy atom. The minimum Gasteiger partial charge on any atom is -0.508 e. The van der Waals surface area contributed by atoms with Crippen LogP contribution in [0.15, 0.2) is 53.7 Å². The summed E-state index contributed by atoms with van der Waals surface area (Å²) in [5.41, 5.74) is 0.857. The molecule has 0 radical (unpaired) electrons. The highest BCUT2D eigenvalue weighted by molar-refractivity contribution is 8.00. The summed E-state index contributed by atoms with van der Waals surface area (Å²) in [5.74, 6) is -0.230. The Morgan fingerprint density at radius 3 is 2.74 bits per heavy atom. The van der Waals surface area contributed by atoms with Gasteiger partial charge in [0.05, 0.1) is 15.9 Å². The molecule has 0 fully saturated rings. The fourth-order valence-corrected chi connectivity index (χ4v) is 2.97. The number of aromatic hydroxyl groups is 1. The van der Waals surface area contributed by atoms with Crippen LogP contribution in [0, 0.1) is 10.1 Å². The zero-order chi connectivity index (χ0) is 19.4. The molecule has 1 amide bonds. The van der Waals surface area contributed by atoms with Crippen LogP contribution >= 0.6 is 11.8 Å². The van der Waals surface area contributed by atoms with Crippen molar-refractivity contribution < 1.29 is 14.8 Å². The summed E-state index contributed by atoms with van der Waals surface area (Å²) in [6.07, 6.45) is 0. The molecule has 1 atom stereocenters. The average molecular weight is 386 g/mol. The Bertz CT molecular complexity index is 975. The van der Waals surface area contributed by atoms with Crippen molar-refractivity contribution in [2.75, 3.05) is 5.32 Å². The number of nitrogens with zero attached hydrogens (tertiary/aromatic N) is 5. The van der Waals surface area contributed by atoms with E-state index in [-0.39, 0.29) is 17.3 Å². The van der Waals surface area contributed by atoms with E-state index >= 15 is 0 Å².